The van der Waals surface area contributed by atoms with E-state index in [9.17, 15) is 19.7 Å². The van der Waals surface area contributed by atoms with E-state index in [1.54, 1.807) is 71.0 Å². The summed E-state index contributed by atoms with van der Waals surface area (Å²) in [6.45, 7) is 8.11. The third-order valence-electron chi connectivity index (χ3n) is 6.52. The number of hydrogen-bond acceptors (Lipinski definition) is 6. The lowest BCUT2D eigenvalue weighted by atomic mass is 10.1. The Kier molecular flexibility index (Phi) is 7.85. The summed E-state index contributed by atoms with van der Waals surface area (Å²) in [5.74, 6) is 0.721. The van der Waals surface area contributed by atoms with Crippen LogP contribution in [0.3, 0.4) is 0 Å². The van der Waals surface area contributed by atoms with Gasteiger partial charge in [0.1, 0.15) is 11.6 Å². The third-order valence-corrected chi connectivity index (χ3v) is 6.52. The zero-order valence-corrected chi connectivity index (χ0v) is 21.9. The van der Waals surface area contributed by atoms with E-state index in [-0.39, 0.29) is 22.7 Å². The number of carbonyl (C=O) groups is 1. The van der Waals surface area contributed by atoms with E-state index in [0.717, 1.165) is 0 Å². The highest BCUT2D eigenvalue weighted by Crippen LogP contribution is 2.29. The molecule has 9 heteroatoms. The smallest absolute Gasteiger partial charge is 0.273 e. The molecule has 0 saturated carbocycles. The number of benzene rings is 3. The number of carbonyl (C=O) groups excluding carboxylic acids is 1. The van der Waals surface area contributed by atoms with Crippen LogP contribution in [0, 0.1) is 17.0 Å². The minimum atomic E-state index is -0.572. The van der Waals surface area contributed by atoms with Crippen LogP contribution in [0.5, 0.6) is 5.75 Å². The quantitative estimate of drug-likeness (QED) is 0.212. The van der Waals surface area contributed by atoms with E-state index >= 15 is 0 Å². The van der Waals surface area contributed by atoms with Crippen LogP contribution in [0.25, 0.3) is 16.6 Å². The molecule has 1 amide bonds. The average Bonchev–Trinajstić information content (AvgIpc) is 2.92. The molecule has 0 aliphatic carbocycles. The van der Waals surface area contributed by atoms with E-state index in [1.165, 1.54) is 6.07 Å². The maximum Gasteiger partial charge on any atom is 0.273 e. The first-order valence-corrected chi connectivity index (χ1v) is 12.6. The highest BCUT2D eigenvalue weighted by Gasteiger charge is 2.29. The van der Waals surface area contributed by atoms with Crippen molar-refractivity contribution >= 4 is 22.5 Å². The van der Waals surface area contributed by atoms with Gasteiger partial charge in [0.2, 0.25) is 0 Å². The fourth-order valence-electron chi connectivity index (χ4n) is 4.63. The summed E-state index contributed by atoms with van der Waals surface area (Å²) < 4.78 is 7.10. The molecule has 38 heavy (non-hydrogen) atoms. The molecule has 0 aliphatic heterocycles. The maximum absolute atomic E-state index is 13.8. The monoisotopic (exact) mass is 514 g/mol. The molecule has 0 saturated heterocycles. The molecule has 0 radical (unpaired) electrons. The number of fused-ring (bicyclic) bond motifs is 1. The van der Waals surface area contributed by atoms with Gasteiger partial charge >= 0.3 is 0 Å². The predicted octanol–water partition coefficient (Wildman–Crippen LogP) is 5.61. The van der Waals surface area contributed by atoms with Gasteiger partial charge in [-0.3, -0.25) is 24.3 Å². The molecule has 0 fully saturated rings. The molecular weight excluding hydrogens is 484 g/mol. The molecule has 0 aliphatic rings. The summed E-state index contributed by atoms with van der Waals surface area (Å²) in [4.78, 5) is 45.0. The van der Waals surface area contributed by atoms with Gasteiger partial charge in [0.15, 0.2) is 0 Å². The zero-order chi connectivity index (χ0) is 27.4. The van der Waals surface area contributed by atoms with Crippen molar-refractivity contribution < 1.29 is 14.5 Å². The number of para-hydroxylation sites is 1. The number of amides is 1. The molecule has 196 valence electrons. The van der Waals surface area contributed by atoms with Gasteiger partial charge in [0.05, 0.1) is 34.2 Å². The van der Waals surface area contributed by atoms with Gasteiger partial charge in [-0.15, -0.1) is 0 Å². The van der Waals surface area contributed by atoms with Gasteiger partial charge in [-0.25, -0.2) is 4.98 Å². The van der Waals surface area contributed by atoms with E-state index in [1.807, 2.05) is 26.8 Å². The minimum absolute atomic E-state index is 0.116. The lowest BCUT2D eigenvalue weighted by molar-refractivity contribution is -0.385. The van der Waals surface area contributed by atoms with Crippen molar-refractivity contribution in [2.75, 3.05) is 13.2 Å². The number of nitro groups is 1. The van der Waals surface area contributed by atoms with E-state index in [2.05, 4.69) is 0 Å². The normalized spacial score (nSPS) is 11.8. The van der Waals surface area contributed by atoms with Crippen LogP contribution in [0.1, 0.15) is 55.0 Å². The Morgan fingerprint density at radius 1 is 1.08 bits per heavy atom. The first-order valence-electron chi connectivity index (χ1n) is 12.6. The number of nitrogens with zero attached hydrogens (tertiary/aromatic N) is 4. The topological polar surface area (TPSA) is 108 Å². The molecular formula is C29H30N4O5. The first-order chi connectivity index (χ1) is 18.3. The summed E-state index contributed by atoms with van der Waals surface area (Å²) in [6.07, 6.45) is 0.468. The fourth-order valence-corrected chi connectivity index (χ4v) is 4.63. The zero-order valence-electron chi connectivity index (χ0n) is 21.9. The lowest BCUT2D eigenvalue weighted by Crippen LogP contribution is -2.38. The molecule has 4 rings (SSSR count). The Bertz CT molecular complexity index is 1550. The lowest BCUT2D eigenvalue weighted by Gasteiger charge is -2.31. The van der Waals surface area contributed by atoms with Crippen LogP contribution in [0.15, 0.2) is 71.5 Å². The molecule has 9 nitrogen and oxygen atoms in total. The van der Waals surface area contributed by atoms with E-state index in [0.29, 0.717) is 53.3 Å². The molecule has 0 spiro atoms. The first kappa shape index (κ1) is 26.5. The number of aryl methyl sites for hydroxylation is 1. The Labute approximate surface area is 220 Å². The molecule has 3 aromatic carbocycles. The van der Waals surface area contributed by atoms with Gasteiger partial charge in [0, 0.05) is 23.7 Å². The van der Waals surface area contributed by atoms with Gasteiger partial charge in [-0.1, -0.05) is 25.1 Å². The van der Waals surface area contributed by atoms with Crippen molar-refractivity contribution in [2.45, 2.75) is 40.2 Å². The van der Waals surface area contributed by atoms with E-state index < -0.39 is 11.0 Å². The second-order valence-corrected chi connectivity index (χ2v) is 8.83. The summed E-state index contributed by atoms with van der Waals surface area (Å²) in [6, 6.07) is 18.2. The standard InChI is InChI=1S/C29H30N4O5/c1-5-25(31(6-2)28(34)20-13-12-19(4)26(18-20)33(36)37)27-30-24-11-9-8-10-23(24)29(35)32(27)21-14-16-22(17-15-21)38-7-3/h8-18,25H,5-7H2,1-4H3. The number of nitro benzene ring substituents is 1. The minimum Gasteiger partial charge on any atom is -0.494 e. The fraction of sp³-hybridized carbons (Fsp3) is 0.276. The van der Waals surface area contributed by atoms with Crippen molar-refractivity contribution in [1.82, 2.24) is 14.5 Å². The summed E-state index contributed by atoms with van der Waals surface area (Å²) >= 11 is 0. The number of rotatable bonds is 9. The van der Waals surface area contributed by atoms with Crippen molar-refractivity contribution in [1.29, 1.82) is 0 Å². The van der Waals surface area contributed by atoms with Crippen LogP contribution in [0.4, 0.5) is 5.69 Å². The van der Waals surface area contributed by atoms with Crippen molar-refractivity contribution in [3.8, 4) is 11.4 Å². The molecule has 1 aromatic heterocycles. The van der Waals surface area contributed by atoms with Crippen LogP contribution in [-0.2, 0) is 0 Å². The van der Waals surface area contributed by atoms with Crippen LogP contribution < -0.4 is 10.3 Å². The van der Waals surface area contributed by atoms with Crippen molar-refractivity contribution in [3.63, 3.8) is 0 Å². The summed E-state index contributed by atoms with van der Waals surface area (Å²) in [5, 5.41) is 12.0. The number of aromatic nitrogens is 2. The molecule has 0 N–H and O–H groups in total. The Balaban J connectivity index is 1.89. The van der Waals surface area contributed by atoms with Gasteiger partial charge in [-0.2, -0.15) is 0 Å². The molecule has 1 unspecified atom stereocenters. The Hall–Kier alpha value is -4.53. The highest BCUT2D eigenvalue weighted by atomic mass is 16.6. The summed E-state index contributed by atoms with van der Waals surface area (Å²) in [5.41, 5.74) is 1.44. The molecule has 4 aromatic rings. The second-order valence-electron chi connectivity index (χ2n) is 8.83. The second kappa shape index (κ2) is 11.2. The predicted molar refractivity (Wildman–Crippen MR) is 146 cm³/mol. The van der Waals surface area contributed by atoms with Gasteiger partial charge in [-0.05, 0) is 69.7 Å². The van der Waals surface area contributed by atoms with Crippen LogP contribution in [0.2, 0.25) is 0 Å². The van der Waals surface area contributed by atoms with Crippen LogP contribution in [-0.4, -0.2) is 38.4 Å². The van der Waals surface area contributed by atoms with E-state index in [4.69, 9.17) is 9.72 Å². The summed E-state index contributed by atoms with van der Waals surface area (Å²) in [7, 11) is 0. The number of ether oxygens (including phenoxy) is 1. The van der Waals surface area contributed by atoms with Crippen molar-refractivity contribution in [3.05, 3.63) is 104 Å². The average molecular weight is 515 g/mol. The third kappa shape index (κ3) is 5.00. The van der Waals surface area contributed by atoms with Crippen molar-refractivity contribution in [2.24, 2.45) is 0 Å². The maximum atomic E-state index is 13.8. The molecule has 1 atom stereocenters. The highest BCUT2D eigenvalue weighted by molar-refractivity contribution is 5.95. The van der Waals surface area contributed by atoms with Gasteiger partial charge < -0.3 is 9.64 Å². The largest absolute Gasteiger partial charge is 0.494 e. The molecule has 0 bridgehead atoms. The van der Waals surface area contributed by atoms with Gasteiger partial charge in [0.25, 0.3) is 17.2 Å². The number of hydrogen-bond donors (Lipinski definition) is 0. The molecule has 1 heterocycles. The van der Waals surface area contributed by atoms with Crippen LogP contribution >= 0.6 is 0 Å². The Morgan fingerprint density at radius 2 is 1.79 bits per heavy atom. The SMILES string of the molecule is CCOc1ccc(-n2c(C(CC)N(CC)C(=O)c3ccc(C)c([N+](=O)[O-])c3)nc3ccccc3c2=O)cc1. The Morgan fingerprint density at radius 3 is 2.42 bits per heavy atom.